The molecule has 0 unspecified atom stereocenters. The molecular formula is C24H19ClFN5O4. The van der Waals surface area contributed by atoms with E-state index in [0.717, 1.165) is 15.4 Å². The fraction of sp³-hybridized carbons (Fsp3) is 0.125. The molecule has 2 heterocycles. The molecule has 4 rings (SSSR count). The number of nitrogens with zero attached hydrogens (tertiary/aromatic N) is 3. The summed E-state index contributed by atoms with van der Waals surface area (Å²) in [5.41, 5.74) is -0.491. The summed E-state index contributed by atoms with van der Waals surface area (Å²) < 4.78 is 15.2. The Morgan fingerprint density at radius 1 is 1.03 bits per heavy atom. The minimum absolute atomic E-state index is 0.0122. The van der Waals surface area contributed by atoms with Gasteiger partial charge in [0.1, 0.15) is 11.4 Å². The number of hydrogen-bond acceptors (Lipinski definition) is 5. The SMILES string of the molecule is O=C(NCCn1nc(-c2ccc(F)cc2)ccc1=O)c1c[nH]c(=O)n(Cc2ccccc2Cl)c1=O. The third-order valence-corrected chi connectivity index (χ3v) is 5.58. The van der Waals surface area contributed by atoms with Crippen molar-refractivity contribution in [2.75, 3.05) is 6.54 Å². The van der Waals surface area contributed by atoms with Gasteiger partial charge in [0, 0.05) is 29.4 Å². The van der Waals surface area contributed by atoms with Crippen LogP contribution >= 0.6 is 11.6 Å². The van der Waals surface area contributed by atoms with Crippen LogP contribution < -0.4 is 22.1 Å². The fourth-order valence-electron chi connectivity index (χ4n) is 3.37. The lowest BCUT2D eigenvalue weighted by atomic mass is 10.1. The van der Waals surface area contributed by atoms with Crippen LogP contribution in [0, 0.1) is 5.82 Å². The van der Waals surface area contributed by atoms with Crippen LogP contribution in [0.5, 0.6) is 0 Å². The van der Waals surface area contributed by atoms with E-state index in [1.807, 2.05) is 0 Å². The average Bonchev–Trinajstić information content (AvgIpc) is 2.84. The summed E-state index contributed by atoms with van der Waals surface area (Å²) in [5.74, 6) is -1.11. The van der Waals surface area contributed by atoms with Crippen molar-refractivity contribution in [1.29, 1.82) is 0 Å². The largest absolute Gasteiger partial charge is 0.350 e. The number of hydrogen-bond donors (Lipinski definition) is 2. The number of halogens is 2. The van der Waals surface area contributed by atoms with Crippen molar-refractivity contribution in [3.8, 4) is 11.3 Å². The number of amides is 1. The molecule has 1 amide bonds. The van der Waals surface area contributed by atoms with E-state index in [0.29, 0.717) is 21.8 Å². The standard InChI is InChI=1S/C24H19ClFN5O4/c25-19-4-2-1-3-16(19)14-30-23(34)18(13-28-24(30)35)22(33)27-11-12-31-21(32)10-9-20(29-31)15-5-7-17(26)8-6-15/h1-10,13H,11-12,14H2,(H,27,33)(H,28,35). The van der Waals surface area contributed by atoms with Crippen LogP contribution in [0.2, 0.25) is 5.02 Å². The van der Waals surface area contributed by atoms with Crippen molar-refractivity contribution in [2.24, 2.45) is 0 Å². The summed E-state index contributed by atoms with van der Waals surface area (Å²) in [6, 6.07) is 15.2. The lowest BCUT2D eigenvalue weighted by Crippen LogP contribution is -2.41. The van der Waals surface area contributed by atoms with Gasteiger partial charge in [0.15, 0.2) is 0 Å². The van der Waals surface area contributed by atoms with Gasteiger partial charge in [-0.25, -0.2) is 13.9 Å². The maximum absolute atomic E-state index is 13.2. The third kappa shape index (κ3) is 5.44. The second-order valence-electron chi connectivity index (χ2n) is 7.53. The molecule has 2 N–H and O–H groups in total. The summed E-state index contributed by atoms with van der Waals surface area (Å²) in [6.45, 7) is -0.0943. The molecule has 0 saturated carbocycles. The van der Waals surface area contributed by atoms with Crippen LogP contribution in [0.25, 0.3) is 11.3 Å². The molecule has 0 radical (unpaired) electrons. The number of rotatable bonds is 7. The number of carbonyl (C=O) groups excluding carboxylic acids is 1. The first-order valence-electron chi connectivity index (χ1n) is 10.5. The van der Waals surface area contributed by atoms with Gasteiger partial charge < -0.3 is 10.3 Å². The van der Waals surface area contributed by atoms with Gasteiger partial charge in [-0.1, -0.05) is 29.8 Å². The van der Waals surface area contributed by atoms with Crippen molar-refractivity contribution >= 4 is 17.5 Å². The number of aromatic nitrogens is 4. The van der Waals surface area contributed by atoms with Gasteiger partial charge in [-0.2, -0.15) is 5.10 Å². The van der Waals surface area contributed by atoms with Gasteiger partial charge in [-0.05, 0) is 42.0 Å². The van der Waals surface area contributed by atoms with E-state index >= 15 is 0 Å². The quantitative estimate of drug-likeness (QED) is 0.406. The van der Waals surface area contributed by atoms with Gasteiger partial charge in [-0.15, -0.1) is 0 Å². The van der Waals surface area contributed by atoms with Crippen molar-refractivity contribution in [2.45, 2.75) is 13.1 Å². The molecule has 0 saturated heterocycles. The number of nitrogens with one attached hydrogen (secondary N) is 2. The van der Waals surface area contributed by atoms with Crippen LogP contribution in [0.1, 0.15) is 15.9 Å². The van der Waals surface area contributed by atoms with Crippen LogP contribution in [0.15, 0.2) is 81.2 Å². The highest BCUT2D eigenvalue weighted by Crippen LogP contribution is 2.16. The number of H-pyrrole nitrogens is 1. The van der Waals surface area contributed by atoms with E-state index < -0.39 is 28.5 Å². The Bertz CT molecular complexity index is 1560. The first-order valence-corrected chi connectivity index (χ1v) is 10.9. The summed E-state index contributed by atoms with van der Waals surface area (Å²) in [6.07, 6.45) is 1.04. The Morgan fingerprint density at radius 2 is 1.77 bits per heavy atom. The van der Waals surface area contributed by atoms with Gasteiger partial charge in [0.05, 0.1) is 18.8 Å². The van der Waals surface area contributed by atoms with Crippen LogP contribution in [0.4, 0.5) is 4.39 Å². The zero-order chi connectivity index (χ0) is 24.9. The monoisotopic (exact) mass is 495 g/mol. The second kappa shape index (κ2) is 10.3. The maximum Gasteiger partial charge on any atom is 0.328 e. The smallest absolute Gasteiger partial charge is 0.328 e. The van der Waals surface area contributed by atoms with E-state index in [1.54, 1.807) is 24.3 Å². The Balaban J connectivity index is 1.48. The maximum atomic E-state index is 13.2. The summed E-state index contributed by atoms with van der Waals surface area (Å²) in [4.78, 5) is 52.2. The molecule has 0 fully saturated rings. The van der Waals surface area contributed by atoms with Gasteiger partial charge >= 0.3 is 5.69 Å². The lowest BCUT2D eigenvalue weighted by Gasteiger charge is -2.10. The summed E-state index contributed by atoms with van der Waals surface area (Å²) in [7, 11) is 0. The number of carbonyl (C=O) groups is 1. The first kappa shape index (κ1) is 23.8. The molecule has 0 aliphatic heterocycles. The normalized spacial score (nSPS) is 10.8. The van der Waals surface area contributed by atoms with Gasteiger partial charge in [0.2, 0.25) is 0 Å². The molecule has 2 aromatic heterocycles. The predicted molar refractivity (Wildman–Crippen MR) is 128 cm³/mol. The van der Waals surface area contributed by atoms with E-state index in [9.17, 15) is 23.6 Å². The highest BCUT2D eigenvalue weighted by atomic mass is 35.5. The summed E-state index contributed by atoms with van der Waals surface area (Å²) in [5, 5.41) is 7.18. The van der Waals surface area contributed by atoms with Crippen molar-refractivity contribution in [1.82, 2.24) is 24.6 Å². The van der Waals surface area contributed by atoms with Gasteiger partial charge in [-0.3, -0.25) is 19.0 Å². The highest BCUT2D eigenvalue weighted by molar-refractivity contribution is 6.31. The molecule has 0 spiro atoms. The van der Waals surface area contributed by atoms with Crippen molar-refractivity contribution in [3.63, 3.8) is 0 Å². The molecule has 178 valence electrons. The van der Waals surface area contributed by atoms with Gasteiger partial charge in [0.25, 0.3) is 17.0 Å². The number of aromatic amines is 1. The molecule has 0 atom stereocenters. The Kier molecular flexibility index (Phi) is 7.02. The number of benzene rings is 2. The Morgan fingerprint density at radius 3 is 2.51 bits per heavy atom. The average molecular weight is 496 g/mol. The van der Waals surface area contributed by atoms with Crippen molar-refractivity contribution < 1.29 is 9.18 Å². The molecule has 35 heavy (non-hydrogen) atoms. The summed E-state index contributed by atoms with van der Waals surface area (Å²) >= 11 is 6.12. The van der Waals surface area contributed by atoms with E-state index in [1.165, 1.54) is 36.4 Å². The molecule has 9 nitrogen and oxygen atoms in total. The second-order valence-corrected chi connectivity index (χ2v) is 7.94. The minimum Gasteiger partial charge on any atom is -0.350 e. The third-order valence-electron chi connectivity index (χ3n) is 5.21. The molecule has 0 aliphatic rings. The van der Waals surface area contributed by atoms with Crippen molar-refractivity contribution in [3.05, 3.63) is 120 Å². The van der Waals surface area contributed by atoms with E-state index in [-0.39, 0.29) is 25.2 Å². The Labute approximate surface area is 202 Å². The topological polar surface area (TPSA) is 119 Å². The lowest BCUT2D eigenvalue weighted by molar-refractivity contribution is 0.0949. The van der Waals surface area contributed by atoms with Crippen LogP contribution in [-0.2, 0) is 13.1 Å². The molecule has 11 heteroatoms. The molecule has 4 aromatic rings. The zero-order valence-electron chi connectivity index (χ0n) is 18.2. The fourth-order valence-corrected chi connectivity index (χ4v) is 3.56. The first-order chi connectivity index (χ1) is 16.8. The zero-order valence-corrected chi connectivity index (χ0v) is 19.0. The predicted octanol–water partition coefficient (Wildman–Crippen LogP) is 2.03. The van der Waals surface area contributed by atoms with Crippen LogP contribution in [0.3, 0.4) is 0 Å². The molecule has 2 aromatic carbocycles. The minimum atomic E-state index is -0.778. The van der Waals surface area contributed by atoms with Crippen LogP contribution in [-0.4, -0.2) is 31.8 Å². The highest BCUT2D eigenvalue weighted by Gasteiger charge is 2.15. The van der Waals surface area contributed by atoms with E-state index in [4.69, 9.17) is 11.6 Å². The molecule has 0 aliphatic carbocycles. The van der Waals surface area contributed by atoms with E-state index in [2.05, 4.69) is 15.4 Å². The molecular weight excluding hydrogens is 477 g/mol. The Hall–Kier alpha value is -4.31. The molecule has 0 bridgehead atoms.